The summed E-state index contributed by atoms with van der Waals surface area (Å²) in [5, 5.41) is 0. The van der Waals surface area contributed by atoms with E-state index in [0.717, 1.165) is 5.56 Å². The number of hydrogen-bond acceptors (Lipinski definition) is 5. The first-order valence-electron chi connectivity index (χ1n) is 5.96. The molecule has 2 rings (SSSR count). The van der Waals surface area contributed by atoms with Crippen LogP contribution in [0.15, 0.2) is 29.0 Å². The smallest absolute Gasteiger partial charge is 0.227 e. The van der Waals surface area contributed by atoms with E-state index < -0.39 is 5.82 Å². The van der Waals surface area contributed by atoms with Crippen LogP contribution >= 0.6 is 15.9 Å². The molecule has 0 spiro atoms. The van der Waals surface area contributed by atoms with Gasteiger partial charge in [0.25, 0.3) is 0 Å². The minimum absolute atomic E-state index is 0.0919. The molecule has 1 aromatic carbocycles. The summed E-state index contributed by atoms with van der Waals surface area (Å²) in [4.78, 5) is 8.14. The molecule has 106 valence electrons. The maximum absolute atomic E-state index is 13.4. The molecule has 0 aliphatic heterocycles. The average Bonchev–Trinajstić information content (AvgIpc) is 2.36. The normalized spacial score (nSPS) is 10.7. The maximum Gasteiger partial charge on any atom is 0.227 e. The van der Waals surface area contributed by atoms with Crippen LogP contribution in [-0.2, 0) is 0 Å². The van der Waals surface area contributed by atoms with Crippen molar-refractivity contribution in [1.82, 2.24) is 9.97 Å². The van der Waals surface area contributed by atoms with Crippen molar-refractivity contribution >= 4 is 21.7 Å². The molecule has 1 aromatic heterocycles. The van der Waals surface area contributed by atoms with E-state index in [1.165, 1.54) is 18.5 Å². The average molecular weight is 341 g/mol. The van der Waals surface area contributed by atoms with E-state index in [1.54, 1.807) is 6.07 Å². The van der Waals surface area contributed by atoms with Crippen LogP contribution in [0, 0.1) is 5.82 Å². The molecule has 0 saturated carbocycles. The third kappa shape index (κ3) is 3.23. The Hall–Kier alpha value is -1.73. The van der Waals surface area contributed by atoms with E-state index in [2.05, 4.69) is 31.3 Å². The number of benzene rings is 1. The minimum atomic E-state index is -0.397. The highest BCUT2D eigenvalue weighted by molar-refractivity contribution is 9.10. The van der Waals surface area contributed by atoms with Gasteiger partial charge in [-0.25, -0.2) is 20.2 Å². The number of ether oxygens (including phenoxy) is 1. The Bertz CT molecular complexity index is 601. The third-order valence-electron chi connectivity index (χ3n) is 2.61. The van der Waals surface area contributed by atoms with Gasteiger partial charge in [-0.15, -0.1) is 0 Å². The number of nitrogens with two attached hydrogens (primary N) is 1. The van der Waals surface area contributed by atoms with Crippen molar-refractivity contribution in [2.45, 2.75) is 19.8 Å². The fraction of sp³-hybridized carbons (Fsp3) is 0.231. The third-order valence-corrected chi connectivity index (χ3v) is 3.07. The van der Waals surface area contributed by atoms with Gasteiger partial charge in [-0.05, 0) is 18.1 Å². The highest BCUT2D eigenvalue weighted by atomic mass is 79.9. The number of halogens is 2. The minimum Gasteiger partial charge on any atom is -0.438 e. The van der Waals surface area contributed by atoms with Crippen molar-refractivity contribution in [2.24, 2.45) is 5.84 Å². The first-order chi connectivity index (χ1) is 9.51. The summed E-state index contributed by atoms with van der Waals surface area (Å²) in [7, 11) is 0. The Morgan fingerprint density at radius 3 is 2.65 bits per heavy atom. The topological polar surface area (TPSA) is 73.1 Å². The predicted molar refractivity (Wildman–Crippen MR) is 78.1 cm³/mol. The monoisotopic (exact) mass is 340 g/mol. The summed E-state index contributed by atoms with van der Waals surface area (Å²) in [6.45, 7) is 3.93. The molecule has 0 bridgehead atoms. The molecular weight excluding hydrogens is 327 g/mol. The van der Waals surface area contributed by atoms with E-state index in [0.29, 0.717) is 21.9 Å². The quantitative estimate of drug-likeness (QED) is 0.657. The number of rotatable bonds is 4. The van der Waals surface area contributed by atoms with E-state index >= 15 is 0 Å². The van der Waals surface area contributed by atoms with Crippen LogP contribution < -0.4 is 16.0 Å². The molecule has 0 saturated heterocycles. The van der Waals surface area contributed by atoms with Crippen molar-refractivity contribution < 1.29 is 9.13 Å². The summed E-state index contributed by atoms with van der Waals surface area (Å²) in [5.74, 6) is 6.31. The molecule has 0 aliphatic rings. The summed E-state index contributed by atoms with van der Waals surface area (Å²) in [5.41, 5.74) is 3.24. The van der Waals surface area contributed by atoms with Gasteiger partial charge in [-0.1, -0.05) is 29.8 Å². The Morgan fingerprint density at radius 2 is 2.05 bits per heavy atom. The molecule has 0 aliphatic carbocycles. The molecule has 2 aromatic rings. The molecule has 3 N–H and O–H groups in total. The SMILES string of the molecule is CC(C)c1c(NN)ncnc1Oc1cc(F)cc(Br)c1. The lowest BCUT2D eigenvalue weighted by molar-refractivity contribution is 0.447. The van der Waals surface area contributed by atoms with Crippen LogP contribution in [0.1, 0.15) is 25.3 Å². The van der Waals surface area contributed by atoms with Crippen LogP contribution in [0.2, 0.25) is 0 Å². The Balaban J connectivity index is 2.42. The highest BCUT2D eigenvalue weighted by Gasteiger charge is 2.16. The second-order valence-corrected chi connectivity index (χ2v) is 5.36. The zero-order chi connectivity index (χ0) is 14.7. The number of nitrogens with zero attached hydrogens (tertiary/aromatic N) is 2. The van der Waals surface area contributed by atoms with E-state index in [4.69, 9.17) is 10.6 Å². The first-order valence-corrected chi connectivity index (χ1v) is 6.76. The van der Waals surface area contributed by atoms with Crippen LogP contribution in [0.4, 0.5) is 10.2 Å². The Morgan fingerprint density at radius 1 is 1.30 bits per heavy atom. The lowest BCUT2D eigenvalue weighted by Gasteiger charge is -2.15. The van der Waals surface area contributed by atoms with E-state index in [9.17, 15) is 4.39 Å². The summed E-state index contributed by atoms with van der Waals surface area (Å²) in [6, 6.07) is 4.29. The lowest BCUT2D eigenvalue weighted by Crippen LogP contribution is -2.13. The fourth-order valence-corrected chi connectivity index (χ4v) is 2.24. The number of anilines is 1. The van der Waals surface area contributed by atoms with Gasteiger partial charge in [0, 0.05) is 10.5 Å². The second-order valence-electron chi connectivity index (χ2n) is 4.45. The van der Waals surface area contributed by atoms with E-state index in [1.807, 2.05) is 13.8 Å². The molecule has 20 heavy (non-hydrogen) atoms. The summed E-state index contributed by atoms with van der Waals surface area (Å²) < 4.78 is 19.6. The number of nitrogen functional groups attached to an aromatic ring is 1. The van der Waals surface area contributed by atoms with Gasteiger partial charge in [0.1, 0.15) is 17.9 Å². The van der Waals surface area contributed by atoms with Crippen molar-refractivity contribution in [1.29, 1.82) is 0 Å². The second kappa shape index (κ2) is 6.15. The van der Waals surface area contributed by atoms with Gasteiger partial charge in [0.05, 0.1) is 5.56 Å². The van der Waals surface area contributed by atoms with Gasteiger partial charge in [0.15, 0.2) is 5.82 Å². The van der Waals surface area contributed by atoms with Crippen molar-refractivity contribution in [3.63, 3.8) is 0 Å². The number of hydrazine groups is 1. The number of nitrogens with one attached hydrogen (secondary N) is 1. The maximum atomic E-state index is 13.4. The standard InChI is InChI=1S/C13H14BrFN4O/c1-7(2)11-12(19-16)17-6-18-13(11)20-10-4-8(14)3-9(15)5-10/h3-7H,16H2,1-2H3,(H,17,18,19). The first kappa shape index (κ1) is 14.7. The van der Waals surface area contributed by atoms with Gasteiger partial charge in [-0.2, -0.15) is 0 Å². The molecule has 0 unspecified atom stereocenters. The molecule has 0 amide bonds. The molecule has 1 heterocycles. The van der Waals surface area contributed by atoms with E-state index in [-0.39, 0.29) is 5.92 Å². The van der Waals surface area contributed by atoms with Crippen molar-refractivity contribution in [3.8, 4) is 11.6 Å². The van der Waals surface area contributed by atoms with Gasteiger partial charge >= 0.3 is 0 Å². The molecule has 0 fully saturated rings. The molecular formula is C13H14BrFN4O. The van der Waals surface area contributed by atoms with Gasteiger partial charge < -0.3 is 10.2 Å². The fourth-order valence-electron chi connectivity index (χ4n) is 1.80. The summed E-state index contributed by atoms with van der Waals surface area (Å²) >= 11 is 3.22. The summed E-state index contributed by atoms with van der Waals surface area (Å²) in [6.07, 6.45) is 1.34. The van der Waals surface area contributed by atoms with Gasteiger partial charge in [0.2, 0.25) is 5.88 Å². The van der Waals surface area contributed by atoms with Gasteiger partial charge in [-0.3, -0.25) is 0 Å². The Labute approximate surface area is 124 Å². The predicted octanol–water partition coefficient (Wildman–Crippen LogP) is 3.58. The zero-order valence-electron chi connectivity index (χ0n) is 11.0. The molecule has 5 nitrogen and oxygen atoms in total. The largest absolute Gasteiger partial charge is 0.438 e. The van der Waals surface area contributed by atoms with Crippen LogP contribution in [0.3, 0.4) is 0 Å². The molecule has 0 radical (unpaired) electrons. The number of aromatic nitrogens is 2. The van der Waals surface area contributed by atoms with Crippen molar-refractivity contribution in [2.75, 3.05) is 5.43 Å². The lowest BCUT2D eigenvalue weighted by atomic mass is 10.1. The highest BCUT2D eigenvalue weighted by Crippen LogP contribution is 2.33. The van der Waals surface area contributed by atoms with Crippen LogP contribution in [-0.4, -0.2) is 9.97 Å². The number of hydrogen-bond donors (Lipinski definition) is 2. The van der Waals surface area contributed by atoms with Crippen molar-refractivity contribution in [3.05, 3.63) is 40.4 Å². The van der Waals surface area contributed by atoms with Crippen LogP contribution in [0.25, 0.3) is 0 Å². The zero-order valence-corrected chi connectivity index (χ0v) is 12.6. The Kier molecular flexibility index (Phi) is 4.51. The van der Waals surface area contributed by atoms with Crippen LogP contribution in [0.5, 0.6) is 11.6 Å². The molecule has 0 atom stereocenters. The molecule has 7 heteroatoms.